The number of hydrogen-bond acceptors (Lipinski definition) is 3. The topological polar surface area (TPSA) is 23.6 Å². The van der Waals surface area contributed by atoms with Gasteiger partial charge in [0.1, 0.15) is 0 Å². The third kappa shape index (κ3) is 5.11. The van der Waals surface area contributed by atoms with Gasteiger partial charge in [-0.1, -0.05) is 38.4 Å². The van der Waals surface area contributed by atoms with Crippen LogP contribution in [0, 0.1) is 0 Å². The highest BCUT2D eigenvalue weighted by molar-refractivity contribution is 8.01. The number of halogens is 1. The van der Waals surface area contributed by atoms with Crippen molar-refractivity contribution < 1.29 is 4.79 Å². The minimum absolute atomic E-state index is 0.137. The summed E-state index contributed by atoms with van der Waals surface area (Å²) in [5.41, 5.74) is 1.14. The predicted octanol–water partition coefficient (Wildman–Crippen LogP) is 3.52. The molecule has 5 heteroatoms. The second kappa shape index (κ2) is 6.93. The van der Waals surface area contributed by atoms with Crippen molar-refractivity contribution in [1.82, 2.24) is 4.90 Å². The molecule has 0 aliphatic carbocycles. The van der Waals surface area contributed by atoms with Gasteiger partial charge in [0, 0.05) is 41.6 Å². The minimum Gasteiger partial charge on any atom is -0.368 e. The normalized spacial score (nSPS) is 16.2. The van der Waals surface area contributed by atoms with E-state index in [1.165, 1.54) is 0 Å². The maximum Gasteiger partial charge on any atom is 0.232 e. The van der Waals surface area contributed by atoms with E-state index in [0.717, 1.165) is 36.9 Å². The molecular weight excluding hydrogens is 304 g/mol. The Bertz CT molecular complexity index is 493. The number of thioether (sulfide) groups is 1. The standard InChI is InChI=1S/C16H23ClN2OS/c1-16(2,3)21-12-15(20)19-9-7-18(8-10-19)14-6-4-5-13(17)11-14/h4-6,11H,7-10,12H2,1-3H3. The first kappa shape index (κ1) is 16.5. The van der Waals surface area contributed by atoms with Crippen molar-refractivity contribution in [3.8, 4) is 0 Å². The largest absolute Gasteiger partial charge is 0.368 e. The first-order valence-corrected chi connectivity index (χ1v) is 8.64. The van der Waals surface area contributed by atoms with Gasteiger partial charge < -0.3 is 9.80 Å². The fourth-order valence-electron chi connectivity index (χ4n) is 2.26. The molecule has 1 aromatic carbocycles. The number of rotatable bonds is 3. The molecule has 1 aliphatic rings. The van der Waals surface area contributed by atoms with Gasteiger partial charge in [0.2, 0.25) is 5.91 Å². The summed E-state index contributed by atoms with van der Waals surface area (Å²) in [6.45, 7) is 9.73. The van der Waals surface area contributed by atoms with E-state index in [9.17, 15) is 4.79 Å². The van der Waals surface area contributed by atoms with Crippen molar-refractivity contribution in [2.45, 2.75) is 25.5 Å². The van der Waals surface area contributed by atoms with Gasteiger partial charge in [0.15, 0.2) is 0 Å². The average molecular weight is 327 g/mol. The number of carbonyl (C=O) groups is 1. The van der Waals surface area contributed by atoms with E-state index in [0.29, 0.717) is 5.75 Å². The van der Waals surface area contributed by atoms with Crippen molar-refractivity contribution in [3.05, 3.63) is 29.3 Å². The van der Waals surface area contributed by atoms with Crippen molar-refractivity contribution in [2.75, 3.05) is 36.8 Å². The van der Waals surface area contributed by atoms with Gasteiger partial charge in [0.05, 0.1) is 5.75 Å². The molecule has 0 saturated carbocycles. The summed E-state index contributed by atoms with van der Waals surface area (Å²) in [7, 11) is 0. The molecule has 0 bridgehead atoms. The lowest BCUT2D eigenvalue weighted by Crippen LogP contribution is -2.49. The third-order valence-corrected chi connectivity index (χ3v) is 4.93. The van der Waals surface area contributed by atoms with Crippen LogP contribution in [0.2, 0.25) is 5.02 Å². The van der Waals surface area contributed by atoms with Crippen molar-refractivity contribution in [2.24, 2.45) is 0 Å². The monoisotopic (exact) mass is 326 g/mol. The summed E-state index contributed by atoms with van der Waals surface area (Å²) < 4.78 is 0.137. The summed E-state index contributed by atoms with van der Waals surface area (Å²) in [6.07, 6.45) is 0. The van der Waals surface area contributed by atoms with Gasteiger partial charge in [0.25, 0.3) is 0 Å². The van der Waals surface area contributed by atoms with Gasteiger partial charge >= 0.3 is 0 Å². The van der Waals surface area contributed by atoms with E-state index in [4.69, 9.17) is 11.6 Å². The molecule has 1 fully saturated rings. The predicted molar refractivity (Wildman–Crippen MR) is 92.5 cm³/mol. The number of piperazine rings is 1. The molecular formula is C16H23ClN2OS. The number of nitrogens with zero attached hydrogens (tertiary/aromatic N) is 2. The van der Waals surface area contributed by atoms with Gasteiger partial charge in [-0.05, 0) is 18.2 Å². The highest BCUT2D eigenvalue weighted by atomic mass is 35.5. The highest BCUT2D eigenvalue weighted by Gasteiger charge is 2.22. The van der Waals surface area contributed by atoms with E-state index >= 15 is 0 Å². The Kier molecular flexibility index (Phi) is 5.44. The Morgan fingerprint density at radius 2 is 1.90 bits per heavy atom. The Labute approximate surface area is 136 Å². The quantitative estimate of drug-likeness (QED) is 0.849. The lowest BCUT2D eigenvalue weighted by atomic mass is 10.2. The van der Waals surface area contributed by atoms with Crippen LogP contribution >= 0.6 is 23.4 Å². The van der Waals surface area contributed by atoms with Gasteiger partial charge in [-0.3, -0.25) is 4.79 Å². The Hall–Kier alpha value is -0.870. The molecule has 0 aromatic heterocycles. The first-order chi connectivity index (χ1) is 9.85. The lowest BCUT2D eigenvalue weighted by molar-refractivity contribution is -0.128. The fourth-order valence-corrected chi connectivity index (χ4v) is 3.18. The summed E-state index contributed by atoms with van der Waals surface area (Å²) >= 11 is 7.75. The van der Waals surface area contributed by atoms with Gasteiger partial charge in [-0.25, -0.2) is 0 Å². The van der Waals surface area contributed by atoms with E-state index in [2.05, 4.69) is 31.7 Å². The molecule has 2 rings (SSSR count). The Morgan fingerprint density at radius 1 is 1.24 bits per heavy atom. The SMILES string of the molecule is CC(C)(C)SCC(=O)N1CCN(c2cccc(Cl)c2)CC1. The zero-order valence-electron chi connectivity index (χ0n) is 12.9. The molecule has 1 aliphatic heterocycles. The number of anilines is 1. The molecule has 0 atom stereocenters. The van der Waals surface area contributed by atoms with E-state index in [-0.39, 0.29) is 10.7 Å². The van der Waals surface area contributed by atoms with Gasteiger partial charge in [-0.15, -0.1) is 11.8 Å². The van der Waals surface area contributed by atoms with Crippen molar-refractivity contribution in [3.63, 3.8) is 0 Å². The Morgan fingerprint density at radius 3 is 2.48 bits per heavy atom. The molecule has 116 valence electrons. The van der Waals surface area contributed by atoms with Crippen LogP contribution < -0.4 is 4.90 Å². The number of amides is 1. The molecule has 3 nitrogen and oxygen atoms in total. The maximum atomic E-state index is 12.2. The molecule has 0 unspecified atom stereocenters. The number of hydrogen-bond donors (Lipinski definition) is 0. The van der Waals surface area contributed by atoms with Crippen LogP contribution in [0.1, 0.15) is 20.8 Å². The van der Waals surface area contributed by atoms with Crippen LogP contribution in [-0.2, 0) is 4.79 Å². The van der Waals surface area contributed by atoms with E-state index in [1.54, 1.807) is 11.8 Å². The van der Waals surface area contributed by atoms with Crippen LogP contribution in [0.15, 0.2) is 24.3 Å². The fraction of sp³-hybridized carbons (Fsp3) is 0.562. The van der Waals surface area contributed by atoms with Gasteiger partial charge in [-0.2, -0.15) is 0 Å². The summed E-state index contributed by atoms with van der Waals surface area (Å²) in [5, 5.41) is 0.757. The van der Waals surface area contributed by atoms with Crippen LogP contribution in [0.25, 0.3) is 0 Å². The van der Waals surface area contributed by atoms with Crippen molar-refractivity contribution in [1.29, 1.82) is 0 Å². The van der Waals surface area contributed by atoms with Crippen molar-refractivity contribution >= 4 is 35.0 Å². The van der Waals surface area contributed by atoms with Crippen LogP contribution in [0.4, 0.5) is 5.69 Å². The smallest absolute Gasteiger partial charge is 0.232 e. The molecule has 0 N–H and O–H groups in total. The Balaban J connectivity index is 1.84. The number of carbonyl (C=O) groups excluding carboxylic acids is 1. The second-order valence-corrected chi connectivity index (χ2v) is 8.49. The number of benzene rings is 1. The molecule has 1 heterocycles. The van der Waals surface area contributed by atoms with Crippen LogP contribution in [-0.4, -0.2) is 47.5 Å². The molecule has 1 amide bonds. The zero-order chi connectivity index (χ0) is 15.5. The molecule has 0 radical (unpaired) electrons. The average Bonchev–Trinajstić information content (AvgIpc) is 2.44. The van der Waals surface area contributed by atoms with E-state index < -0.39 is 0 Å². The third-order valence-electron chi connectivity index (χ3n) is 3.43. The lowest BCUT2D eigenvalue weighted by Gasteiger charge is -2.36. The van der Waals surface area contributed by atoms with E-state index in [1.807, 2.05) is 23.1 Å². The summed E-state index contributed by atoms with van der Waals surface area (Å²) in [4.78, 5) is 16.5. The molecule has 0 spiro atoms. The molecule has 1 saturated heterocycles. The first-order valence-electron chi connectivity index (χ1n) is 7.27. The van der Waals surface area contributed by atoms with Crippen LogP contribution in [0.3, 0.4) is 0 Å². The molecule has 21 heavy (non-hydrogen) atoms. The molecule has 1 aromatic rings. The maximum absolute atomic E-state index is 12.2. The second-order valence-electron chi connectivity index (χ2n) is 6.25. The summed E-state index contributed by atoms with van der Waals surface area (Å²) in [5.74, 6) is 0.821. The highest BCUT2D eigenvalue weighted by Crippen LogP contribution is 2.24. The summed E-state index contributed by atoms with van der Waals surface area (Å²) in [6, 6.07) is 7.90. The van der Waals surface area contributed by atoms with Crippen LogP contribution in [0.5, 0.6) is 0 Å². The zero-order valence-corrected chi connectivity index (χ0v) is 14.5. The minimum atomic E-state index is 0.137.